The normalized spacial score (nSPS) is 21.1. The van der Waals surface area contributed by atoms with E-state index in [-0.39, 0.29) is 15.4 Å². The summed E-state index contributed by atoms with van der Waals surface area (Å²) in [5, 5.41) is 7.98. The number of sulfonamides is 1. The molecule has 0 unspecified atom stereocenters. The molecule has 1 aliphatic heterocycles. The average molecular weight is 278 g/mol. The maximum absolute atomic E-state index is 11.6. The van der Waals surface area contributed by atoms with Crippen LogP contribution >= 0.6 is 23.1 Å². The van der Waals surface area contributed by atoms with Crippen LogP contribution in [0.25, 0.3) is 0 Å². The summed E-state index contributed by atoms with van der Waals surface area (Å²) in [6.07, 6.45) is 0. The van der Waals surface area contributed by atoms with Crippen LogP contribution in [0.3, 0.4) is 0 Å². The highest BCUT2D eigenvalue weighted by Gasteiger charge is 2.25. The molecule has 0 aromatic carbocycles. The maximum atomic E-state index is 11.6. The highest BCUT2D eigenvalue weighted by Crippen LogP contribution is 2.37. The van der Waals surface area contributed by atoms with Gasteiger partial charge >= 0.3 is 0 Å². The zero-order chi connectivity index (χ0) is 11.9. The molecule has 0 bridgehead atoms. The third-order valence-corrected chi connectivity index (χ3v) is 5.95. The number of carbonyl (C=O) groups excluding carboxylic acids is 1. The number of thiophene rings is 1. The summed E-state index contributed by atoms with van der Waals surface area (Å²) >= 11 is 2.54. The van der Waals surface area contributed by atoms with Crippen LogP contribution in [0, 0.1) is 0 Å². The molecule has 88 valence electrons. The van der Waals surface area contributed by atoms with Crippen LogP contribution < -0.4 is 10.5 Å². The van der Waals surface area contributed by atoms with Crippen LogP contribution in [0.2, 0.25) is 0 Å². The minimum atomic E-state index is -3.72. The van der Waals surface area contributed by atoms with Crippen LogP contribution in [-0.4, -0.2) is 26.1 Å². The number of amides is 1. The molecule has 1 amide bonds. The van der Waals surface area contributed by atoms with E-state index in [2.05, 4.69) is 5.32 Å². The smallest absolute Gasteiger partial charge is 0.253 e. The lowest BCUT2D eigenvalue weighted by molar-refractivity contribution is 0.0953. The third-order valence-electron chi connectivity index (χ3n) is 2.06. The van der Waals surface area contributed by atoms with Gasteiger partial charge in [0.25, 0.3) is 5.91 Å². The summed E-state index contributed by atoms with van der Waals surface area (Å²) in [5.74, 6) is -0.238. The van der Waals surface area contributed by atoms with Crippen molar-refractivity contribution in [3.8, 4) is 0 Å². The van der Waals surface area contributed by atoms with Crippen LogP contribution in [0.1, 0.15) is 17.3 Å². The van der Waals surface area contributed by atoms with Crippen molar-refractivity contribution in [1.29, 1.82) is 0 Å². The van der Waals surface area contributed by atoms with Gasteiger partial charge in [0.1, 0.15) is 4.21 Å². The lowest BCUT2D eigenvalue weighted by Crippen LogP contribution is -2.26. The fourth-order valence-corrected chi connectivity index (χ4v) is 4.84. The number of fused-ring (bicyclic) bond motifs is 1. The van der Waals surface area contributed by atoms with E-state index in [1.807, 2.05) is 6.92 Å². The van der Waals surface area contributed by atoms with Crippen molar-refractivity contribution in [3.05, 3.63) is 11.6 Å². The topological polar surface area (TPSA) is 89.3 Å². The van der Waals surface area contributed by atoms with Gasteiger partial charge in [0.2, 0.25) is 10.0 Å². The van der Waals surface area contributed by atoms with Crippen molar-refractivity contribution in [2.75, 3.05) is 6.54 Å². The first-order valence-electron chi connectivity index (χ1n) is 4.49. The van der Waals surface area contributed by atoms with Gasteiger partial charge in [-0.25, -0.2) is 13.6 Å². The Labute approximate surface area is 101 Å². The molecule has 2 rings (SSSR count). The number of hydrogen-bond acceptors (Lipinski definition) is 5. The second-order valence-corrected chi connectivity index (χ2v) is 8.00. The van der Waals surface area contributed by atoms with E-state index in [1.165, 1.54) is 17.8 Å². The lowest BCUT2D eigenvalue weighted by Gasteiger charge is -2.04. The zero-order valence-corrected chi connectivity index (χ0v) is 10.8. The molecule has 0 saturated carbocycles. The van der Waals surface area contributed by atoms with E-state index in [0.717, 1.165) is 11.3 Å². The monoisotopic (exact) mass is 278 g/mol. The van der Waals surface area contributed by atoms with E-state index < -0.39 is 10.0 Å². The number of primary sulfonamides is 1. The highest BCUT2D eigenvalue weighted by atomic mass is 32.3. The Morgan fingerprint density at radius 2 is 2.25 bits per heavy atom. The number of carbonyl (C=O) groups is 1. The molecule has 0 saturated heterocycles. The van der Waals surface area contributed by atoms with E-state index in [1.54, 1.807) is 0 Å². The van der Waals surface area contributed by atoms with E-state index >= 15 is 0 Å². The zero-order valence-electron chi connectivity index (χ0n) is 8.39. The fraction of sp³-hybridized carbons (Fsp3) is 0.375. The quantitative estimate of drug-likeness (QED) is 0.788. The fourth-order valence-electron chi connectivity index (χ4n) is 1.29. The molecule has 0 aliphatic carbocycles. The predicted octanol–water partition coefficient (Wildman–Crippen LogP) is 0.620. The molecule has 16 heavy (non-hydrogen) atoms. The second kappa shape index (κ2) is 4.02. The molecule has 0 spiro atoms. The minimum absolute atomic E-state index is 0.0363. The summed E-state index contributed by atoms with van der Waals surface area (Å²) < 4.78 is 23.1. The van der Waals surface area contributed by atoms with E-state index in [4.69, 9.17) is 5.14 Å². The summed E-state index contributed by atoms with van der Waals surface area (Å²) in [5.41, 5.74) is 0.406. The molecule has 3 N–H and O–H groups in total. The van der Waals surface area contributed by atoms with Gasteiger partial charge < -0.3 is 5.32 Å². The van der Waals surface area contributed by atoms with Crippen LogP contribution in [0.15, 0.2) is 14.5 Å². The Balaban J connectivity index is 2.51. The predicted molar refractivity (Wildman–Crippen MR) is 63.3 cm³/mol. The maximum Gasteiger partial charge on any atom is 0.253 e. The highest BCUT2D eigenvalue weighted by molar-refractivity contribution is 8.02. The number of thioether (sulfide) groups is 1. The van der Waals surface area contributed by atoms with Gasteiger partial charge in [0, 0.05) is 11.8 Å². The Kier molecular flexibility index (Phi) is 2.99. The van der Waals surface area contributed by atoms with E-state index in [0.29, 0.717) is 16.3 Å². The second-order valence-electron chi connectivity index (χ2n) is 3.45. The first kappa shape index (κ1) is 11.9. The Morgan fingerprint density at radius 1 is 1.56 bits per heavy atom. The van der Waals surface area contributed by atoms with Gasteiger partial charge in [-0.3, -0.25) is 4.79 Å². The van der Waals surface area contributed by atoms with Crippen LogP contribution in [0.4, 0.5) is 0 Å². The van der Waals surface area contributed by atoms with Gasteiger partial charge in [0.05, 0.1) is 9.77 Å². The molecular weight excluding hydrogens is 268 g/mol. The minimum Gasteiger partial charge on any atom is -0.351 e. The molecular formula is C8H10N2O3S3. The van der Waals surface area contributed by atoms with Crippen molar-refractivity contribution >= 4 is 39.0 Å². The standard InChI is InChI=1S/C8H10N2O3S3/c1-4-3-10-7(11)5-2-6(16(9,12)13)15-8(5)14-4/h2,4H,3H2,1H3,(H,10,11)(H2,9,12,13)/t4-/m1/s1. The van der Waals surface area contributed by atoms with Crippen molar-refractivity contribution < 1.29 is 13.2 Å². The molecule has 2 heterocycles. The molecule has 1 atom stereocenters. The number of hydrogen-bond donors (Lipinski definition) is 2. The molecule has 8 heteroatoms. The van der Waals surface area contributed by atoms with Crippen molar-refractivity contribution in [2.45, 2.75) is 20.6 Å². The summed E-state index contributed by atoms with van der Waals surface area (Å²) in [7, 11) is -3.72. The lowest BCUT2D eigenvalue weighted by atomic mass is 10.3. The number of rotatable bonds is 1. The summed E-state index contributed by atoms with van der Waals surface area (Å²) in [6.45, 7) is 2.55. The van der Waals surface area contributed by atoms with Crippen molar-refractivity contribution in [1.82, 2.24) is 5.32 Å². The van der Waals surface area contributed by atoms with E-state index in [9.17, 15) is 13.2 Å². The molecule has 5 nitrogen and oxygen atoms in total. The Bertz CT molecular complexity index is 535. The molecule has 1 aliphatic rings. The third kappa shape index (κ3) is 2.24. The van der Waals surface area contributed by atoms with Gasteiger partial charge in [0.15, 0.2) is 0 Å². The van der Waals surface area contributed by atoms with Crippen molar-refractivity contribution in [2.24, 2.45) is 5.14 Å². The van der Waals surface area contributed by atoms with Gasteiger partial charge in [-0.2, -0.15) is 0 Å². The average Bonchev–Trinajstić information content (AvgIpc) is 2.52. The molecule has 1 aromatic rings. The van der Waals surface area contributed by atoms with Gasteiger partial charge in [-0.1, -0.05) is 6.92 Å². The Morgan fingerprint density at radius 3 is 2.88 bits per heavy atom. The molecule has 0 fully saturated rings. The first-order valence-corrected chi connectivity index (χ1v) is 7.73. The largest absolute Gasteiger partial charge is 0.351 e. The van der Waals surface area contributed by atoms with Crippen molar-refractivity contribution in [3.63, 3.8) is 0 Å². The number of nitrogens with two attached hydrogens (primary N) is 1. The SMILES string of the molecule is C[C@@H]1CNC(=O)c2cc(S(N)(=O)=O)sc2S1. The summed E-state index contributed by atoms with van der Waals surface area (Å²) in [6, 6.07) is 1.34. The van der Waals surface area contributed by atoms with Gasteiger partial charge in [-0.05, 0) is 6.07 Å². The Hall–Kier alpha value is -0.570. The molecule has 1 aromatic heterocycles. The van der Waals surface area contributed by atoms with Crippen LogP contribution in [-0.2, 0) is 10.0 Å². The number of nitrogens with one attached hydrogen (secondary N) is 1. The molecule has 0 radical (unpaired) electrons. The first-order chi connectivity index (χ1) is 7.38. The summed E-state index contributed by atoms with van der Waals surface area (Å²) in [4.78, 5) is 11.6. The van der Waals surface area contributed by atoms with Crippen LogP contribution in [0.5, 0.6) is 0 Å². The van der Waals surface area contributed by atoms with Gasteiger partial charge in [-0.15, -0.1) is 23.1 Å².